The van der Waals surface area contributed by atoms with Gasteiger partial charge in [0.1, 0.15) is 5.75 Å². The predicted molar refractivity (Wildman–Crippen MR) is 111 cm³/mol. The first-order valence-electron chi connectivity index (χ1n) is 8.95. The van der Waals surface area contributed by atoms with Gasteiger partial charge in [-0.25, -0.2) is 4.79 Å². The van der Waals surface area contributed by atoms with Gasteiger partial charge >= 0.3 is 6.03 Å². The second-order valence-corrected chi connectivity index (χ2v) is 9.19. The minimum atomic E-state index is -0.0482. The molecule has 142 valence electrons. The summed E-state index contributed by atoms with van der Waals surface area (Å²) >= 11 is 4.01. The molecule has 0 spiro atoms. The number of hydrogen-bond donors (Lipinski definition) is 4. The van der Waals surface area contributed by atoms with Gasteiger partial charge in [0.05, 0.1) is 15.7 Å². The van der Waals surface area contributed by atoms with Gasteiger partial charge in [-0.05, 0) is 59.5 Å². The first-order valence-corrected chi connectivity index (χ1v) is 11.1. The number of carbonyl (C=O) groups is 2. The molecule has 0 aliphatic carbocycles. The Morgan fingerprint density at radius 1 is 1.35 bits per heavy atom. The Bertz CT molecular complexity index is 673. The molecule has 2 heterocycles. The summed E-state index contributed by atoms with van der Waals surface area (Å²) in [7, 11) is 0. The monoisotopic (exact) mass is 489 g/mol. The van der Waals surface area contributed by atoms with E-state index in [0.717, 1.165) is 40.6 Å². The van der Waals surface area contributed by atoms with Crippen LogP contribution in [0.3, 0.4) is 0 Å². The van der Waals surface area contributed by atoms with Crippen LogP contribution < -0.4 is 16.0 Å². The van der Waals surface area contributed by atoms with Gasteiger partial charge in [-0.3, -0.25) is 4.79 Å². The molecule has 1 aromatic rings. The molecule has 3 amide bonds. The Morgan fingerprint density at radius 2 is 2.19 bits per heavy atom. The lowest BCUT2D eigenvalue weighted by atomic mass is 10.0. The van der Waals surface area contributed by atoms with Crippen LogP contribution in [0.2, 0.25) is 0 Å². The third kappa shape index (κ3) is 5.18. The van der Waals surface area contributed by atoms with Crippen molar-refractivity contribution in [3.63, 3.8) is 0 Å². The van der Waals surface area contributed by atoms with Crippen molar-refractivity contribution in [3.05, 3.63) is 27.3 Å². The minimum Gasteiger partial charge on any atom is -0.507 e. The maximum Gasteiger partial charge on any atom is 0.315 e. The number of thioether (sulfide) groups is 1. The van der Waals surface area contributed by atoms with E-state index in [0.29, 0.717) is 18.2 Å². The zero-order valence-corrected chi connectivity index (χ0v) is 17.4. The lowest BCUT2D eigenvalue weighted by molar-refractivity contribution is -0.121. The molecule has 6 nitrogen and oxygen atoms in total. The number of carbonyl (C=O) groups excluding carboxylic acids is 2. The molecule has 3 atom stereocenters. The number of phenolic OH excluding ortho intramolecular Hbond substituents is 1. The van der Waals surface area contributed by atoms with Gasteiger partial charge < -0.3 is 21.1 Å². The molecule has 0 aromatic heterocycles. The summed E-state index contributed by atoms with van der Waals surface area (Å²) < 4.78 is 0.826. The van der Waals surface area contributed by atoms with E-state index in [9.17, 15) is 14.7 Å². The molecule has 0 saturated carbocycles. The van der Waals surface area contributed by atoms with E-state index in [1.54, 1.807) is 6.07 Å². The lowest BCUT2D eigenvalue weighted by Crippen LogP contribution is -2.36. The highest BCUT2D eigenvalue weighted by Gasteiger charge is 2.42. The van der Waals surface area contributed by atoms with Gasteiger partial charge in [0.2, 0.25) is 5.91 Å². The molecule has 2 aliphatic heterocycles. The Labute approximate surface area is 171 Å². The maximum atomic E-state index is 12.0. The van der Waals surface area contributed by atoms with Crippen molar-refractivity contribution in [1.29, 1.82) is 0 Å². The van der Waals surface area contributed by atoms with Gasteiger partial charge in [-0.1, -0.05) is 12.5 Å². The summed E-state index contributed by atoms with van der Waals surface area (Å²) in [5.74, 6) is 1.36. The lowest BCUT2D eigenvalue weighted by Gasteiger charge is -2.16. The topological polar surface area (TPSA) is 90.5 Å². The number of rotatable bonds is 8. The van der Waals surface area contributed by atoms with E-state index >= 15 is 0 Å². The molecule has 26 heavy (non-hydrogen) atoms. The van der Waals surface area contributed by atoms with Crippen molar-refractivity contribution >= 4 is 46.3 Å². The molecule has 0 bridgehead atoms. The fraction of sp³-hybridized carbons (Fsp3) is 0.556. The van der Waals surface area contributed by atoms with Gasteiger partial charge in [-0.2, -0.15) is 11.8 Å². The molecular formula is C18H24IN3O3S. The quantitative estimate of drug-likeness (QED) is 0.257. The third-order valence-corrected chi connectivity index (χ3v) is 7.20. The fourth-order valence-corrected chi connectivity index (χ4v) is 5.54. The number of urea groups is 1. The molecule has 8 heteroatoms. The molecule has 3 rings (SSSR count). The van der Waals surface area contributed by atoms with Crippen molar-refractivity contribution in [2.45, 2.75) is 49.4 Å². The molecule has 1 aromatic carbocycles. The van der Waals surface area contributed by atoms with Crippen LogP contribution in [0.4, 0.5) is 4.79 Å². The average molecular weight is 489 g/mol. The van der Waals surface area contributed by atoms with Crippen LogP contribution in [0, 0.1) is 3.57 Å². The molecule has 3 unspecified atom stereocenters. The second-order valence-electron chi connectivity index (χ2n) is 6.75. The smallest absolute Gasteiger partial charge is 0.315 e. The predicted octanol–water partition coefficient (Wildman–Crippen LogP) is 2.38. The Kier molecular flexibility index (Phi) is 6.91. The van der Waals surface area contributed by atoms with Crippen molar-refractivity contribution in [1.82, 2.24) is 16.0 Å². The standard InChI is InChI=1S/C18H24IN3O3S/c19-12-9-11(5-6-14(12)23)7-8-20-16(24)4-2-1-3-15-17-13(10-26-15)21-18(25)22-17/h5-6,9,13,15,17,23H,1-4,7-8,10H2,(H,20,24)(H2,21,22,25). The van der Waals surface area contributed by atoms with Crippen molar-refractivity contribution in [2.24, 2.45) is 0 Å². The molecule has 2 saturated heterocycles. The van der Waals surface area contributed by atoms with Crippen molar-refractivity contribution in [3.8, 4) is 5.75 Å². The SMILES string of the molecule is O=C(CCCCC1SCC2NC(=O)NC21)NCCc1ccc(O)c(I)c1. The summed E-state index contributed by atoms with van der Waals surface area (Å²) in [6, 6.07) is 5.97. The van der Waals surface area contributed by atoms with Crippen LogP contribution in [0.25, 0.3) is 0 Å². The van der Waals surface area contributed by atoms with Crippen LogP contribution in [0.5, 0.6) is 5.75 Å². The Balaban J connectivity index is 1.27. The minimum absolute atomic E-state index is 0.0482. The highest BCUT2D eigenvalue weighted by Crippen LogP contribution is 2.33. The second kappa shape index (κ2) is 9.16. The molecular weight excluding hydrogens is 465 g/mol. The number of unbranched alkanes of at least 4 members (excludes halogenated alkanes) is 1. The van der Waals surface area contributed by atoms with E-state index in [-0.39, 0.29) is 29.8 Å². The highest BCUT2D eigenvalue weighted by molar-refractivity contribution is 14.1. The van der Waals surface area contributed by atoms with Crippen LogP contribution in [0.1, 0.15) is 31.2 Å². The van der Waals surface area contributed by atoms with Gasteiger partial charge in [0.25, 0.3) is 0 Å². The summed E-state index contributed by atoms with van der Waals surface area (Å²) in [6.07, 6.45) is 4.21. The third-order valence-electron chi connectivity index (χ3n) is 4.83. The van der Waals surface area contributed by atoms with Crippen LogP contribution in [-0.2, 0) is 11.2 Å². The Morgan fingerprint density at radius 3 is 3.00 bits per heavy atom. The number of nitrogens with one attached hydrogen (secondary N) is 3. The average Bonchev–Trinajstić information content (AvgIpc) is 3.14. The largest absolute Gasteiger partial charge is 0.507 e. The number of benzene rings is 1. The Hall–Kier alpha value is -1.16. The number of aromatic hydroxyl groups is 1. The molecule has 2 fully saturated rings. The summed E-state index contributed by atoms with van der Waals surface area (Å²) in [5.41, 5.74) is 1.10. The van der Waals surface area contributed by atoms with E-state index in [4.69, 9.17) is 0 Å². The van der Waals surface area contributed by atoms with Gasteiger partial charge in [0.15, 0.2) is 0 Å². The molecule has 0 radical (unpaired) electrons. The van der Waals surface area contributed by atoms with Gasteiger partial charge in [0, 0.05) is 24.0 Å². The molecule has 2 aliphatic rings. The number of halogens is 1. The summed E-state index contributed by atoms with van der Waals surface area (Å²) in [4.78, 5) is 23.3. The summed E-state index contributed by atoms with van der Waals surface area (Å²) in [5, 5.41) is 18.9. The first-order chi connectivity index (χ1) is 12.5. The highest BCUT2D eigenvalue weighted by atomic mass is 127. The van der Waals surface area contributed by atoms with Gasteiger partial charge in [-0.15, -0.1) is 0 Å². The zero-order valence-electron chi connectivity index (χ0n) is 14.5. The molecule has 4 N–H and O–H groups in total. The van der Waals surface area contributed by atoms with Crippen LogP contribution in [0.15, 0.2) is 18.2 Å². The number of phenols is 1. The van der Waals surface area contributed by atoms with Crippen molar-refractivity contribution in [2.75, 3.05) is 12.3 Å². The van der Waals surface area contributed by atoms with E-state index < -0.39 is 0 Å². The number of amides is 3. The normalized spacial score (nSPS) is 24.0. The fourth-order valence-electron chi connectivity index (χ4n) is 3.41. The van der Waals surface area contributed by atoms with Crippen LogP contribution in [-0.4, -0.2) is 46.7 Å². The van der Waals surface area contributed by atoms with E-state index in [1.807, 2.05) is 23.9 Å². The summed E-state index contributed by atoms with van der Waals surface area (Å²) in [6.45, 7) is 0.611. The van der Waals surface area contributed by atoms with Crippen LogP contribution >= 0.6 is 34.4 Å². The maximum absolute atomic E-state index is 12.0. The van der Waals surface area contributed by atoms with E-state index in [1.165, 1.54) is 0 Å². The van der Waals surface area contributed by atoms with E-state index in [2.05, 4.69) is 38.5 Å². The number of fused-ring (bicyclic) bond motifs is 1. The number of hydrogen-bond acceptors (Lipinski definition) is 4. The zero-order chi connectivity index (χ0) is 18.5. The first kappa shape index (κ1) is 19.6. The van der Waals surface area contributed by atoms with Crippen molar-refractivity contribution < 1.29 is 14.7 Å².